The van der Waals surface area contributed by atoms with Crippen LogP contribution < -0.4 is 14.2 Å². The molecule has 0 fully saturated rings. The van der Waals surface area contributed by atoms with E-state index in [9.17, 15) is 0 Å². The molecule has 0 amide bonds. The second kappa shape index (κ2) is 17.6. The summed E-state index contributed by atoms with van der Waals surface area (Å²) in [5.41, 5.74) is 4.88. The molecule has 0 radical (unpaired) electrons. The van der Waals surface area contributed by atoms with Gasteiger partial charge >= 0.3 is 0 Å². The fraction of sp³-hybridized carbons (Fsp3) is 0.636. The quantitative estimate of drug-likeness (QED) is 0.247. The molecule has 0 aliphatic carbocycles. The predicted octanol–water partition coefficient (Wildman–Crippen LogP) is 8.20. The van der Waals surface area contributed by atoms with Gasteiger partial charge in [-0.2, -0.15) is 15.2 Å². The molecular formula is C33H54N6O3. The fourth-order valence-corrected chi connectivity index (χ4v) is 3.69. The van der Waals surface area contributed by atoms with Gasteiger partial charge in [0.2, 0.25) is 11.8 Å². The van der Waals surface area contributed by atoms with E-state index in [0.29, 0.717) is 47.3 Å². The summed E-state index contributed by atoms with van der Waals surface area (Å²) in [6.07, 6.45) is 3.70. The van der Waals surface area contributed by atoms with E-state index in [1.54, 1.807) is 21.3 Å². The smallest absolute Gasteiger partial charge is 0.235 e. The third-order valence-corrected chi connectivity index (χ3v) is 6.41. The molecule has 9 nitrogen and oxygen atoms in total. The van der Waals surface area contributed by atoms with Gasteiger partial charge in [0.05, 0.1) is 32.7 Å². The summed E-state index contributed by atoms with van der Waals surface area (Å²) in [6, 6.07) is 1.98. The molecule has 3 aromatic heterocycles. The van der Waals surface area contributed by atoms with Gasteiger partial charge in [-0.15, -0.1) is 0 Å². The van der Waals surface area contributed by atoms with E-state index in [1.807, 2.05) is 18.5 Å². The summed E-state index contributed by atoms with van der Waals surface area (Å²) in [4.78, 5) is 17.5. The third-order valence-electron chi connectivity index (χ3n) is 6.41. The van der Waals surface area contributed by atoms with Crippen molar-refractivity contribution in [3.63, 3.8) is 0 Å². The molecule has 3 heterocycles. The van der Waals surface area contributed by atoms with Crippen LogP contribution in [-0.4, -0.2) is 51.5 Å². The maximum Gasteiger partial charge on any atom is 0.235 e. The van der Waals surface area contributed by atoms with Crippen LogP contribution in [0.25, 0.3) is 0 Å². The number of methoxy groups -OCH3 is 3. The molecule has 0 aliphatic heterocycles. The summed E-state index contributed by atoms with van der Waals surface area (Å²) in [5.74, 6) is 5.25. The summed E-state index contributed by atoms with van der Waals surface area (Å²) >= 11 is 0. The zero-order valence-corrected chi connectivity index (χ0v) is 28.6. The molecule has 0 aliphatic rings. The lowest BCUT2D eigenvalue weighted by atomic mass is 10.1. The molecule has 3 rings (SSSR count). The second-order valence-corrected chi connectivity index (χ2v) is 12.0. The van der Waals surface area contributed by atoms with Gasteiger partial charge < -0.3 is 14.2 Å². The Balaban J connectivity index is 0.000000315. The lowest BCUT2D eigenvalue weighted by molar-refractivity contribution is 0.384. The van der Waals surface area contributed by atoms with E-state index in [4.69, 9.17) is 14.2 Å². The molecule has 42 heavy (non-hydrogen) atoms. The van der Waals surface area contributed by atoms with E-state index in [2.05, 4.69) is 113 Å². The fourth-order valence-electron chi connectivity index (χ4n) is 3.69. The van der Waals surface area contributed by atoms with Gasteiger partial charge in [0, 0.05) is 41.8 Å². The van der Waals surface area contributed by atoms with Crippen LogP contribution in [-0.2, 0) is 0 Å². The standard InChI is InChI=1S/3C11H18N2O/c1-7(2)9-6-12-10(8(3)4)11(13-9)14-5;1-7(2)9-6-12-10(8(3)4)13-11(9)14-5;1-7(2)9-6-10(14-5)11(8(3)4)13-12-9/h3*6-8H,1-5H3. The van der Waals surface area contributed by atoms with Crippen LogP contribution in [0.5, 0.6) is 17.5 Å². The highest BCUT2D eigenvalue weighted by molar-refractivity contribution is 5.31. The molecule has 3 aromatic rings. The Kier molecular flexibility index (Phi) is 15.3. The minimum absolute atomic E-state index is 0.338. The first-order chi connectivity index (χ1) is 19.7. The molecular weight excluding hydrogens is 528 g/mol. The number of rotatable bonds is 9. The van der Waals surface area contributed by atoms with Crippen LogP contribution in [0, 0.1) is 0 Å². The Hall–Kier alpha value is -3.36. The van der Waals surface area contributed by atoms with Crippen LogP contribution >= 0.6 is 0 Å². The zero-order valence-electron chi connectivity index (χ0n) is 28.6. The van der Waals surface area contributed by atoms with Crippen molar-refractivity contribution < 1.29 is 14.2 Å². The largest absolute Gasteiger partial charge is 0.495 e. The summed E-state index contributed by atoms with van der Waals surface area (Å²) in [6.45, 7) is 25.1. The van der Waals surface area contributed by atoms with E-state index in [-0.39, 0.29) is 0 Å². The van der Waals surface area contributed by atoms with Crippen molar-refractivity contribution in [1.29, 1.82) is 0 Å². The number of ether oxygens (including phenoxy) is 3. The second-order valence-electron chi connectivity index (χ2n) is 12.0. The highest BCUT2D eigenvalue weighted by atomic mass is 16.5. The van der Waals surface area contributed by atoms with Crippen molar-refractivity contribution in [2.75, 3.05) is 21.3 Å². The maximum absolute atomic E-state index is 5.29. The zero-order chi connectivity index (χ0) is 32.1. The van der Waals surface area contributed by atoms with Crippen molar-refractivity contribution in [2.24, 2.45) is 0 Å². The molecule has 0 saturated carbocycles. The van der Waals surface area contributed by atoms with Gasteiger partial charge in [0.1, 0.15) is 23.0 Å². The lowest BCUT2D eigenvalue weighted by Crippen LogP contribution is -2.04. The lowest BCUT2D eigenvalue weighted by Gasteiger charge is -2.12. The minimum Gasteiger partial charge on any atom is -0.495 e. The normalized spacial score (nSPS) is 11.1. The minimum atomic E-state index is 0.338. The molecule has 234 valence electrons. The van der Waals surface area contributed by atoms with Gasteiger partial charge in [0.25, 0.3) is 0 Å². The monoisotopic (exact) mass is 582 g/mol. The number of hydrogen-bond acceptors (Lipinski definition) is 9. The summed E-state index contributed by atoms with van der Waals surface area (Å²) < 4.78 is 15.8. The third kappa shape index (κ3) is 10.8. The molecule has 0 unspecified atom stereocenters. The molecule has 0 spiro atoms. The van der Waals surface area contributed by atoms with Crippen molar-refractivity contribution in [3.05, 3.63) is 52.6 Å². The summed E-state index contributed by atoms with van der Waals surface area (Å²) in [5, 5.41) is 8.37. The van der Waals surface area contributed by atoms with Crippen LogP contribution in [0.4, 0.5) is 0 Å². The number of nitrogens with zero attached hydrogens (tertiary/aromatic N) is 6. The van der Waals surface area contributed by atoms with E-state index in [1.165, 1.54) is 0 Å². The van der Waals surface area contributed by atoms with Gasteiger partial charge in [-0.3, -0.25) is 4.98 Å². The average Bonchev–Trinajstić information content (AvgIpc) is 2.96. The molecule has 9 heteroatoms. The van der Waals surface area contributed by atoms with Crippen molar-refractivity contribution in [2.45, 2.75) is 119 Å². The first-order valence-corrected chi connectivity index (χ1v) is 14.9. The predicted molar refractivity (Wildman–Crippen MR) is 170 cm³/mol. The average molecular weight is 583 g/mol. The topological polar surface area (TPSA) is 105 Å². The Morgan fingerprint density at radius 1 is 0.500 bits per heavy atom. The van der Waals surface area contributed by atoms with Crippen LogP contribution in [0.2, 0.25) is 0 Å². The van der Waals surface area contributed by atoms with Crippen molar-refractivity contribution in [3.8, 4) is 17.5 Å². The van der Waals surface area contributed by atoms with E-state index in [0.717, 1.165) is 39.9 Å². The van der Waals surface area contributed by atoms with Crippen LogP contribution in [0.1, 0.15) is 153 Å². The van der Waals surface area contributed by atoms with Gasteiger partial charge in [-0.1, -0.05) is 83.1 Å². The Morgan fingerprint density at radius 3 is 1.50 bits per heavy atom. The first kappa shape index (κ1) is 36.7. The van der Waals surface area contributed by atoms with E-state index < -0.39 is 0 Å². The van der Waals surface area contributed by atoms with Crippen molar-refractivity contribution >= 4 is 0 Å². The maximum atomic E-state index is 5.29. The molecule has 0 N–H and O–H groups in total. The highest BCUT2D eigenvalue weighted by Gasteiger charge is 2.14. The number of hydrogen-bond donors (Lipinski definition) is 0. The number of aromatic nitrogens is 6. The SMILES string of the molecule is COc1cc(C(C)C)nnc1C(C)C.COc1nc(C(C)C)cnc1C(C)C.COc1nc(C(C)C)ncc1C(C)C. The van der Waals surface area contributed by atoms with Crippen LogP contribution in [0.3, 0.4) is 0 Å². The van der Waals surface area contributed by atoms with Gasteiger partial charge in [-0.25, -0.2) is 9.97 Å². The molecule has 0 bridgehead atoms. The summed E-state index contributed by atoms with van der Waals surface area (Å²) in [7, 11) is 4.96. The molecule has 0 atom stereocenters. The van der Waals surface area contributed by atoms with E-state index >= 15 is 0 Å². The Labute approximate surface area is 254 Å². The van der Waals surface area contributed by atoms with Gasteiger partial charge in [0.15, 0.2) is 0 Å². The van der Waals surface area contributed by atoms with Crippen molar-refractivity contribution in [1.82, 2.24) is 30.1 Å². The van der Waals surface area contributed by atoms with Gasteiger partial charge in [-0.05, 0) is 17.8 Å². The Bertz CT molecular complexity index is 1080. The molecule has 0 saturated heterocycles. The highest BCUT2D eigenvalue weighted by Crippen LogP contribution is 2.27. The van der Waals surface area contributed by atoms with Crippen LogP contribution in [0.15, 0.2) is 18.5 Å². The molecule has 0 aromatic carbocycles. The first-order valence-electron chi connectivity index (χ1n) is 14.9. The Morgan fingerprint density at radius 2 is 1.07 bits per heavy atom.